The number of amides is 1. The van der Waals surface area contributed by atoms with Crippen molar-refractivity contribution >= 4 is 17.4 Å². The first kappa shape index (κ1) is 17.4. The number of hydrogen-bond donors (Lipinski definition) is 1. The van der Waals surface area contributed by atoms with Gasteiger partial charge in [0.05, 0.1) is 12.4 Å². The van der Waals surface area contributed by atoms with Crippen molar-refractivity contribution in [2.24, 2.45) is 5.92 Å². The largest absolute Gasteiger partial charge is 0.339 e. The minimum absolute atomic E-state index is 0.0211. The summed E-state index contributed by atoms with van der Waals surface area (Å²) in [7, 11) is 0. The number of benzene rings is 1. The van der Waals surface area contributed by atoms with Gasteiger partial charge >= 0.3 is 0 Å². The van der Waals surface area contributed by atoms with Crippen LogP contribution < -0.4 is 5.32 Å². The Morgan fingerprint density at radius 1 is 1.12 bits per heavy atom. The molecule has 1 N–H and O–H groups in total. The summed E-state index contributed by atoms with van der Waals surface area (Å²) in [6, 6.07) is 8.28. The van der Waals surface area contributed by atoms with Crippen molar-refractivity contribution in [2.45, 2.75) is 39.5 Å². The molecule has 5 heteroatoms. The van der Waals surface area contributed by atoms with Crippen LogP contribution in [-0.2, 0) is 0 Å². The third-order valence-electron chi connectivity index (χ3n) is 4.79. The highest BCUT2D eigenvalue weighted by atomic mass is 16.2. The van der Waals surface area contributed by atoms with Crippen LogP contribution >= 0.6 is 0 Å². The summed E-state index contributed by atoms with van der Waals surface area (Å²) in [6.45, 7) is 8.20. The molecule has 25 heavy (non-hydrogen) atoms. The van der Waals surface area contributed by atoms with Gasteiger partial charge in [-0.2, -0.15) is 0 Å². The van der Waals surface area contributed by atoms with Crippen LogP contribution in [0.25, 0.3) is 0 Å². The Morgan fingerprint density at radius 2 is 1.80 bits per heavy atom. The number of carbonyl (C=O) groups excluding carboxylic acids is 1. The maximum absolute atomic E-state index is 12.5. The molecule has 0 saturated carbocycles. The molecular formula is C20H26N4O. The maximum Gasteiger partial charge on any atom is 0.274 e. The molecule has 1 fully saturated rings. The number of carbonyl (C=O) groups is 1. The van der Waals surface area contributed by atoms with Gasteiger partial charge in [-0.05, 0) is 42.4 Å². The molecule has 2 heterocycles. The van der Waals surface area contributed by atoms with Crippen LogP contribution in [0.2, 0.25) is 0 Å². The van der Waals surface area contributed by atoms with Gasteiger partial charge in [0.1, 0.15) is 11.5 Å². The normalized spacial score (nSPS) is 15.4. The fourth-order valence-corrected chi connectivity index (χ4v) is 2.98. The SMILES string of the molecule is CC1CCN(C(=O)c2cnc(Nc3ccc(C(C)C)cc3)cn2)CC1. The number of hydrogen-bond acceptors (Lipinski definition) is 4. The van der Waals surface area contributed by atoms with Crippen molar-refractivity contribution in [3.63, 3.8) is 0 Å². The van der Waals surface area contributed by atoms with Gasteiger partial charge in [0, 0.05) is 18.8 Å². The molecule has 0 atom stereocenters. The van der Waals surface area contributed by atoms with Crippen molar-refractivity contribution in [3.8, 4) is 0 Å². The maximum atomic E-state index is 12.5. The Morgan fingerprint density at radius 3 is 2.36 bits per heavy atom. The van der Waals surface area contributed by atoms with Gasteiger partial charge in [0.2, 0.25) is 0 Å². The van der Waals surface area contributed by atoms with Gasteiger partial charge in [0.15, 0.2) is 0 Å². The van der Waals surface area contributed by atoms with E-state index in [1.54, 1.807) is 12.4 Å². The monoisotopic (exact) mass is 338 g/mol. The molecule has 0 unspecified atom stereocenters. The number of likely N-dealkylation sites (tertiary alicyclic amines) is 1. The van der Waals surface area contributed by atoms with Gasteiger partial charge in [-0.15, -0.1) is 0 Å². The minimum atomic E-state index is -0.0211. The van der Waals surface area contributed by atoms with Crippen LogP contribution in [0.3, 0.4) is 0 Å². The topological polar surface area (TPSA) is 58.1 Å². The Balaban J connectivity index is 1.62. The molecule has 0 aliphatic carbocycles. The lowest BCUT2D eigenvalue weighted by molar-refractivity contribution is 0.0691. The lowest BCUT2D eigenvalue weighted by atomic mass is 9.99. The first-order valence-corrected chi connectivity index (χ1v) is 9.01. The molecule has 1 aromatic heterocycles. The van der Waals surface area contributed by atoms with Gasteiger partial charge in [-0.3, -0.25) is 4.79 Å². The van der Waals surface area contributed by atoms with Crippen molar-refractivity contribution in [1.29, 1.82) is 0 Å². The van der Waals surface area contributed by atoms with E-state index in [4.69, 9.17) is 0 Å². The second kappa shape index (κ2) is 7.64. The van der Waals surface area contributed by atoms with Gasteiger partial charge in [-0.1, -0.05) is 32.9 Å². The fourth-order valence-electron chi connectivity index (χ4n) is 2.98. The number of nitrogens with zero attached hydrogens (tertiary/aromatic N) is 3. The van der Waals surface area contributed by atoms with Crippen molar-refractivity contribution < 1.29 is 4.79 Å². The van der Waals surface area contributed by atoms with Crippen molar-refractivity contribution in [2.75, 3.05) is 18.4 Å². The molecular weight excluding hydrogens is 312 g/mol. The Hall–Kier alpha value is -2.43. The first-order valence-electron chi connectivity index (χ1n) is 9.01. The van der Waals surface area contributed by atoms with Gasteiger partial charge < -0.3 is 10.2 Å². The van der Waals surface area contributed by atoms with Crippen LogP contribution in [-0.4, -0.2) is 33.9 Å². The average Bonchev–Trinajstić information content (AvgIpc) is 2.63. The molecule has 0 bridgehead atoms. The number of nitrogens with one attached hydrogen (secondary N) is 1. The number of rotatable bonds is 4. The highest BCUT2D eigenvalue weighted by Crippen LogP contribution is 2.20. The second-order valence-corrected chi connectivity index (χ2v) is 7.16. The fraction of sp³-hybridized carbons (Fsp3) is 0.450. The summed E-state index contributed by atoms with van der Waals surface area (Å²) in [5.74, 6) is 1.83. The van der Waals surface area contributed by atoms with E-state index in [0.717, 1.165) is 31.6 Å². The average molecular weight is 338 g/mol. The van der Waals surface area contributed by atoms with E-state index >= 15 is 0 Å². The molecule has 5 nitrogen and oxygen atoms in total. The lowest BCUT2D eigenvalue weighted by Crippen LogP contribution is -2.38. The molecule has 0 spiro atoms. The summed E-state index contributed by atoms with van der Waals surface area (Å²) >= 11 is 0. The first-order chi connectivity index (χ1) is 12.0. The van der Waals surface area contributed by atoms with Gasteiger partial charge in [0.25, 0.3) is 5.91 Å². The van der Waals surface area contributed by atoms with E-state index in [1.807, 2.05) is 17.0 Å². The molecule has 1 saturated heterocycles. The van der Waals surface area contributed by atoms with E-state index in [2.05, 4.69) is 48.2 Å². The standard InChI is InChI=1S/C20H26N4O/c1-14(2)16-4-6-17(7-5-16)23-19-13-21-18(12-22-19)20(25)24-10-8-15(3)9-11-24/h4-7,12-15H,8-11H2,1-3H3,(H,22,23). The highest BCUT2D eigenvalue weighted by molar-refractivity contribution is 5.92. The zero-order valence-electron chi connectivity index (χ0n) is 15.2. The predicted octanol–water partition coefficient (Wildman–Crippen LogP) is 4.22. The third kappa shape index (κ3) is 4.35. The predicted molar refractivity (Wildman–Crippen MR) is 100 cm³/mol. The molecule has 1 aromatic carbocycles. The Kier molecular flexibility index (Phi) is 5.31. The molecule has 0 radical (unpaired) electrons. The van der Waals surface area contributed by atoms with Crippen LogP contribution in [0.1, 0.15) is 55.6 Å². The zero-order valence-corrected chi connectivity index (χ0v) is 15.2. The second-order valence-electron chi connectivity index (χ2n) is 7.16. The Labute approximate surface area is 149 Å². The minimum Gasteiger partial charge on any atom is -0.339 e. The highest BCUT2D eigenvalue weighted by Gasteiger charge is 2.22. The summed E-state index contributed by atoms with van der Waals surface area (Å²) < 4.78 is 0. The van der Waals surface area contributed by atoms with Crippen molar-refractivity contribution in [1.82, 2.24) is 14.9 Å². The smallest absolute Gasteiger partial charge is 0.274 e. The number of piperidine rings is 1. The molecule has 2 aromatic rings. The molecule has 3 rings (SSSR count). The number of anilines is 2. The molecule has 132 valence electrons. The van der Waals surface area contributed by atoms with E-state index < -0.39 is 0 Å². The summed E-state index contributed by atoms with van der Waals surface area (Å²) in [5, 5.41) is 3.22. The van der Waals surface area contributed by atoms with Crippen LogP contribution in [0.5, 0.6) is 0 Å². The molecule has 1 amide bonds. The lowest BCUT2D eigenvalue weighted by Gasteiger charge is -2.29. The van der Waals surface area contributed by atoms with Crippen LogP contribution in [0.15, 0.2) is 36.7 Å². The number of aromatic nitrogens is 2. The summed E-state index contributed by atoms with van der Waals surface area (Å²) in [5.41, 5.74) is 2.67. The third-order valence-corrected chi connectivity index (χ3v) is 4.79. The zero-order chi connectivity index (χ0) is 17.8. The van der Waals surface area contributed by atoms with Crippen molar-refractivity contribution in [3.05, 3.63) is 47.9 Å². The van der Waals surface area contributed by atoms with E-state index in [0.29, 0.717) is 23.3 Å². The van der Waals surface area contributed by atoms with Crippen LogP contribution in [0.4, 0.5) is 11.5 Å². The molecule has 1 aliphatic rings. The summed E-state index contributed by atoms with van der Waals surface area (Å²) in [4.78, 5) is 23.0. The van der Waals surface area contributed by atoms with Gasteiger partial charge in [-0.25, -0.2) is 9.97 Å². The van der Waals surface area contributed by atoms with Crippen LogP contribution in [0, 0.1) is 5.92 Å². The van der Waals surface area contributed by atoms with E-state index in [1.165, 1.54) is 5.56 Å². The van der Waals surface area contributed by atoms with E-state index in [9.17, 15) is 4.79 Å². The quantitative estimate of drug-likeness (QED) is 0.907. The Bertz CT molecular complexity index is 701. The van der Waals surface area contributed by atoms with E-state index in [-0.39, 0.29) is 5.91 Å². The molecule has 1 aliphatic heterocycles. The summed E-state index contributed by atoms with van der Waals surface area (Å²) in [6.07, 6.45) is 5.30.